The van der Waals surface area contributed by atoms with Gasteiger partial charge in [-0.3, -0.25) is 4.72 Å². The van der Waals surface area contributed by atoms with E-state index in [2.05, 4.69) is 4.72 Å². The highest BCUT2D eigenvalue weighted by atomic mass is 35.5. The summed E-state index contributed by atoms with van der Waals surface area (Å²) in [7, 11) is -7.04. The van der Waals surface area contributed by atoms with E-state index in [-0.39, 0.29) is 17.2 Å². The number of halogens is 1. The molecule has 1 heterocycles. The predicted octanol–water partition coefficient (Wildman–Crippen LogP) is 3.24. The van der Waals surface area contributed by atoms with Crippen LogP contribution in [0.25, 0.3) is 0 Å². The molecule has 0 amide bonds. The number of hydrogen-bond acceptors (Lipinski definition) is 4. The molecule has 9 heteroatoms. The molecule has 0 aliphatic carbocycles. The van der Waals surface area contributed by atoms with Crippen molar-refractivity contribution in [2.24, 2.45) is 0 Å². The number of anilines is 1. The first-order valence-electron chi connectivity index (χ1n) is 8.59. The predicted molar refractivity (Wildman–Crippen MR) is 107 cm³/mol. The van der Waals surface area contributed by atoms with Crippen LogP contribution < -0.4 is 4.72 Å². The van der Waals surface area contributed by atoms with E-state index in [1.54, 1.807) is 12.1 Å². The third-order valence-corrected chi connectivity index (χ3v) is 8.09. The fraction of sp³-hybridized carbons (Fsp3) is 0.333. The molecular weight excluding hydrogens is 408 g/mol. The molecular formula is C18H21ClN2O4S2. The molecule has 27 heavy (non-hydrogen) atoms. The van der Waals surface area contributed by atoms with Gasteiger partial charge in [0, 0.05) is 23.8 Å². The number of nitrogens with zero attached hydrogens (tertiary/aromatic N) is 1. The minimum Gasteiger partial charge on any atom is -0.280 e. The first-order chi connectivity index (χ1) is 12.7. The van der Waals surface area contributed by atoms with Gasteiger partial charge >= 0.3 is 0 Å². The van der Waals surface area contributed by atoms with Crippen molar-refractivity contribution in [2.45, 2.75) is 31.2 Å². The largest absolute Gasteiger partial charge is 0.280 e. The summed E-state index contributed by atoms with van der Waals surface area (Å²) in [5.74, 6) is 0.116. The molecule has 0 bridgehead atoms. The Hall–Kier alpha value is -1.61. The van der Waals surface area contributed by atoms with Crippen LogP contribution >= 0.6 is 11.6 Å². The standard InChI is InChI=1S/C18H21ClN2O4S2/c1-2-11-26(22,23)21-10-9-14-3-6-17(12-15(14)13-21)20-27(24,25)18-7-4-16(19)5-8-18/h3-8,12,20H,2,9-11,13H2,1H3. The maximum Gasteiger partial charge on any atom is 0.261 e. The molecule has 0 radical (unpaired) electrons. The lowest BCUT2D eigenvalue weighted by atomic mass is 10.0. The highest BCUT2D eigenvalue weighted by Crippen LogP contribution is 2.26. The molecule has 0 saturated heterocycles. The Morgan fingerprint density at radius 1 is 1.04 bits per heavy atom. The van der Waals surface area contributed by atoms with E-state index in [0.717, 1.165) is 11.1 Å². The van der Waals surface area contributed by atoms with Gasteiger partial charge < -0.3 is 0 Å². The lowest BCUT2D eigenvalue weighted by Gasteiger charge is -2.28. The fourth-order valence-corrected chi connectivity index (χ4v) is 5.70. The minimum absolute atomic E-state index is 0.108. The van der Waals surface area contributed by atoms with Crippen LogP contribution in [0.2, 0.25) is 5.02 Å². The lowest BCUT2D eigenvalue weighted by Crippen LogP contribution is -2.37. The fourth-order valence-electron chi connectivity index (χ4n) is 3.05. The van der Waals surface area contributed by atoms with Gasteiger partial charge in [0.15, 0.2) is 0 Å². The molecule has 1 aliphatic heterocycles. The van der Waals surface area contributed by atoms with Crippen molar-refractivity contribution in [3.8, 4) is 0 Å². The van der Waals surface area contributed by atoms with Crippen molar-refractivity contribution in [1.29, 1.82) is 0 Å². The number of hydrogen-bond donors (Lipinski definition) is 1. The summed E-state index contributed by atoms with van der Waals surface area (Å²) in [6, 6.07) is 11.1. The first-order valence-corrected chi connectivity index (χ1v) is 12.1. The molecule has 3 rings (SSSR count). The molecule has 0 aromatic heterocycles. The Morgan fingerprint density at radius 2 is 1.74 bits per heavy atom. The Balaban J connectivity index is 1.83. The van der Waals surface area contributed by atoms with Crippen LogP contribution in [0.5, 0.6) is 0 Å². The van der Waals surface area contributed by atoms with Crippen LogP contribution in [-0.2, 0) is 33.0 Å². The zero-order chi connectivity index (χ0) is 19.7. The summed E-state index contributed by atoms with van der Waals surface area (Å²) in [6.45, 7) is 2.54. The quantitative estimate of drug-likeness (QED) is 0.765. The van der Waals surface area contributed by atoms with E-state index in [1.807, 2.05) is 13.0 Å². The second kappa shape index (κ2) is 7.79. The molecule has 1 aliphatic rings. The van der Waals surface area contributed by atoms with Crippen LogP contribution in [0, 0.1) is 0 Å². The van der Waals surface area contributed by atoms with E-state index < -0.39 is 20.0 Å². The van der Waals surface area contributed by atoms with Gasteiger partial charge in [0.1, 0.15) is 0 Å². The summed E-state index contributed by atoms with van der Waals surface area (Å²) >= 11 is 5.81. The topological polar surface area (TPSA) is 83.6 Å². The van der Waals surface area contributed by atoms with Crippen LogP contribution in [0.3, 0.4) is 0 Å². The van der Waals surface area contributed by atoms with Gasteiger partial charge in [0.25, 0.3) is 10.0 Å². The number of rotatable bonds is 6. The Kier molecular flexibility index (Phi) is 5.81. The molecule has 0 atom stereocenters. The Morgan fingerprint density at radius 3 is 2.41 bits per heavy atom. The average Bonchev–Trinajstić information content (AvgIpc) is 2.61. The highest BCUT2D eigenvalue weighted by Gasteiger charge is 2.26. The Bertz CT molecular complexity index is 1040. The highest BCUT2D eigenvalue weighted by molar-refractivity contribution is 7.92. The van der Waals surface area contributed by atoms with E-state index in [9.17, 15) is 16.8 Å². The van der Waals surface area contributed by atoms with E-state index in [0.29, 0.717) is 30.1 Å². The number of sulfonamides is 2. The van der Waals surface area contributed by atoms with E-state index in [4.69, 9.17) is 11.6 Å². The summed E-state index contributed by atoms with van der Waals surface area (Å²) in [5, 5.41) is 0.455. The van der Waals surface area contributed by atoms with Crippen LogP contribution in [-0.4, -0.2) is 33.4 Å². The van der Waals surface area contributed by atoms with Crippen molar-refractivity contribution < 1.29 is 16.8 Å². The van der Waals surface area contributed by atoms with Gasteiger partial charge in [-0.25, -0.2) is 16.8 Å². The number of nitrogens with one attached hydrogen (secondary N) is 1. The monoisotopic (exact) mass is 428 g/mol. The molecule has 0 saturated carbocycles. The van der Waals surface area contributed by atoms with Gasteiger partial charge in [-0.05, 0) is 60.4 Å². The molecule has 0 unspecified atom stereocenters. The zero-order valence-corrected chi connectivity index (χ0v) is 17.2. The summed E-state index contributed by atoms with van der Waals surface area (Å²) in [5.41, 5.74) is 2.25. The third kappa shape index (κ3) is 4.63. The zero-order valence-electron chi connectivity index (χ0n) is 14.9. The van der Waals surface area contributed by atoms with Gasteiger partial charge in [0.2, 0.25) is 10.0 Å². The normalized spacial score (nSPS) is 15.3. The Labute approximate surface area is 165 Å². The average molecular weight is 429 g/mol. The van der Waals surface area contributed by atoms with Crippen molar-refractivity contribution >= 4 is 37.3 Å². The van der Waals surface area contributed by atoms with Gasteiger partial charge in [-0.15, -0.1) is 0 Å². The molecule has 0 spiro atoms. The second-order valence-electron chi connectivity index (χ2n) is 6.44. The smallest absolute Gasteiger partial charge is 0.261 e. The van der Waals surface area contributed by atoms with Crippen LogP contribution in [0.4, 0.5) is 5.69 Å². The molecule has 2 aromatic carbocycles. The molecule has 146 valence electrons. The first kappa shape index (κ1) is 20.1. The van der Waals surface area contributed by atoms with Crippen molar-refractivity contribution in [3.63, 3.8) is 0 Å². The second-order valence-corrected chi connectivity index (χ2v) is 10.6. The summed E-state index contributed by atoms with van der Waals surface area (Å²) < 4.78 is 53.7. The van der Waals surface area contributed by atoms with Crippen molar-refractivity contribution in [1.82, 2.24) is 4.31 Å². The van der Waals surface area contributed by atoms with Gasteiger partial charge in [-0.1, -0.05) is 24.6 Å². The molecule has 1 N–H and O–H groups in total. The lowest BCUT2D eigenvalue weighted by molar-refractivity contribution is 0.391. The molecule has 6 nitrogen and oxygen atoms in total. The molecule has 0 fully saturated rings. The van der Waals surface area contributed by atoms with Crippen molar-refractivity contribution in [3.05, 3.63) is 58.6 Å². The van der Waals surface area contributed by atoms with Crippen LogP contribution in [0.1, 0.15) is 24.5 Å². The molecule has 2 aromatic rings. The van der Waals surface area contributed by atoms with E-state index in [1.165, 1.54) is 28.6 Å². The summed E-state index contributed by atoms with van der Waals surface area (Å²) in [4.78, 5) is 0.108. The van der Waals surface area contributed by atoms with E-state index >= 15 is 0 Å². The maximum atomic E-state index is 12.5. The summed E-state index contributed by atoms with van der Waals surface area (Å²) in [6.07, 6.45) is 1.18. The van der Waals surface area contributed by atoms with Crippen LogP contribution in [0.15, 0.2) is 47.4 Å². The number of fused-ring (bicyclic) bond motifs is 1. The third-order valence-electron chi connectivity index (χ3n) is 4.42. The van der Waals surface area contributed by atoms with Gasteiger partial charge in [0.05, 0.1) is 10.6 Å². The minimum atomic E-state index is -3.75. The SMILES string of the molecule is CCCS(=O)(=O)N1CCc2ccc(NS(=O)(=O)c3ccc(Cl)cc3)cc2C1. The van der Waals surface area contributed by atoms with Gasteiger partial charge in [-0.2, -0.15) is 4.31 Å². The van der Waals surface area contributed by atoms with Crippen molar-refractivity contribution in [2.75, 3.05) is 17.0 Å². The maximum absolute atomic E-state index is 12.5. The number of benzene rings is 2.